The van der Waals surface area contributed by atoms with Crippen molar-refractivity contribution in [1.82, 2.24) is 10.3 Å². The summed E-state index contributed by atoms with van der Waals surface area (Å²) in [7, 11) is 1.31. The maximum Gasteiger partial charge on any atom is 0.387 e. The average molecular weight is 299 g/mol. The largest absolute Gasteiger partial charge is 0.493 e. The Hall–Kier alpha value is -2.71. The normalized spacial score (nSPS) is 15.0. The number of amides is 3. The van der Waals surface area contributed by atoms with Gasteiger partial charge in [0.15, 0.2) is 11.5 Å². The quantitative estimate of drug-likeness (QED) is 0.654. The Balaban J connectivity index is 2.14. The van der Waals surface area contributed by atoms with E-state index >= 15 is 0 Å². The molecule has 1 heterocycles. The Kier molecular flexibility index (Phi) is 4.31. The fourth-order valence-electron chi connectivity index (χ4n) is 1.62. The van der Waals surface area contributed by atoms with Gasteiger partial charge in [-0.3, -0.25) is 10.1 Å². The summed E-state index contributed by atoms with van der Waals surface area (Å²) in [6.45, 7) is -3.13. The van der Waals surface area contributed by atoms with E-state index in [9.17, 15) is 18.4 Å². The van der Waals surface area contributed by atoms with Crippen molar-refractivity contribution in [3.8, 4) is 11.5 Å². The first-order valence-corrected chi connectivity index (χ1v) is 5.78. The number of rotatable bonds is 5. The van der Waals surface area contributed by atoms with E-state index in [-0.39, 0.29) is 18.0 Å². The van der Waals surface area contributed by atoms with Gasteiger partial charge in [-0.1, -0.05) is 0 Å². The van der Waals surface area contributed by atoms with E-state index in [1.54, 1.807) is 0 Å². The molecule has 0 atom stereocenters. The number of methoxy groups -OCH3 is 1. The van der Waals surface area contributed by atoms with Crippen molar-refractivity contribution in [3.63, 3.8) is 0 Å². The zero-order valence-corrected chi connectivity index (χ0v) is 10.9. The van der Waals surface area contributed by atoms with E-state index in [0.717, 1.165) is 5.01 Å². The monoisotopic (exact) mass is 299 g/mol. The Morgan fingerprint density at radius 1 is 1.38 bits per heavy atom. The Labute approximate surface area is 118 Å². The van der Waals surface area contributed by atoms with E-state index in [2.05, 4.69) is 15.2 Å². The second kappa shape index (κ2) is 6.16. The lowest BCUT2D eigenvalue weighted by atomic mass is 10.2. The summed E-state index contributed by atoms with van der Waals surface area (Å²) in [5.41, 5.74) is 0.487. The molecule has 0 bridgehead atoms. The molecule has 1 N–H and O–H groups in total. The van der Waals surface area contributed by atoms with Gasteiger partial charge in [0.2, 0.25) is 5.91 Å². The molecular formula is C12H11F2N3O4. The number of carbonyl (C=O) groups is 2. The molecular weight excluding hydrogens is 288 g/mol. The Morgan fingerprint density at radius 3 is 2.71 bits per heavy atom. The fraction of sp³-hybridized carbons (Fsp3) is 0.250. The van der Waals surface area contributed by atoms with Crippen LogP contribution in [0.3, 0.4) is 0 Å². The zero-order chi connectivity index (χ0) is 15.4. The third kappa shape index (κ3) is 3.65. The number of benzene rings is 1. The average Bonchev–Trinajstić information content (AvgIpc) is 2.75. The van der Waals surface area contributed by atoms with Gasteiger partial charge < -0.3 is 9.47 Å². The molecule has 0 aliphatic carbocycles. The van der Waals surface area contributed by atoms with Crippen LogP contribution in [0.2, 0.25) is 0 Å². The molecule has 7 nitrogen and oxygen atoms in total. The topological polar surface area (TPSA) is 80.2 Å². The highest BCUT2D eigenvalue weighted by Crippen LogP contribution is 2.28. The number of halogens is 2. The van der Waals surface area contributed by atoms with Crippen molar-refractivity contribution >= 4 is 18.2 Å². The lowest BCUT2D eigenvalue weighted by molar-refractivity contribution is -0.118. The van der Waals surface area contributed by atoms with Crippen LogP contribution in [0.15, 0.2) is 23.3 Å². The molecule has 0 radical (unpaired) electrons. The number of alkyl halides is 2. The lowest BCUT2D eigenvalue weighted by Gasteiger charge is -2.10. The number of nitrogens with one attached hydrogen (secondary N) is 1. The van der Waals surface area contributed by atoms with Crippen LogP contribution in [0.5, 0.6) is 11.5 Å². The second-order valence-electron chi connectivity index (χ2n) is 3.94. The maximum atomic E-state index is 12.2. The minimum Gasteiger partial charge on any atom is -0.493 e. The molecule has 1 aliphatic rings. The van der Waals surface area contributed by atoms with E-state index in [4.69, 9.17) is 4.74 Å². The zero-order valence-electron chi connectivity index (χ0n) is 10.9. The highest BCUT2D eigenvalue weighted by Gasteiger charge is 2.25. The van der Waals surface area contributed by atoms with Gasteiger partial charge in [0.05, 0.1) is 13.3 Å². The first kappa shape index (κ1) is 14.7. The van der Waals surface area contributed by atoms with Gasteiger partial charge in [-0.2, -0.15) is 13.9 Å². The van der Waals surface area contributed by atoms with Crippen molar-refractivity contribution in [3.05, 3.63) is 23.8 Å². The predicted molar refractivity (Wildman–Crippen MR) is 67.5 cm³/mol. The van der Waals surface area contributed by atoms with Crippen molar-refractivity contribution in [2.24, 2.45) is 5.10 Å². The fourth-order valence-corrected chi connectivity index (χ4v) is 1.62. The highest BCUT2D eigenvalue weighted by atomic mass is 19.3. The van der Waals surface area contributed by atoms with Crippen LogP contribution in [-0.2, 0) is 4.79 Å². The van der Waals surface area contributed by atoms with E-state index in [1.165, 1.54) is 31.5 Å². The first-order chi connectivity index (χ1) is 9.99. The third-order valence-corrected chi connectivity index (χ3v) is 2.52. The smallest absolute Gasteiger partial charge is 0.387 e. The summed E-state index contributed by atoms with van der Waals surface area (Å²) >= 11 is 0. The van der Waals surface area contributed by atoms with E-state index in [0.29, 0.717) is 5.56 Å². The molecule has 112 valence electrons. The standard InChI is InChI=1S/C12H11F2N3O4/c1-20-9-4-7(2-3-8(9)21-11(13)14)5-15-17-6-10(18)16-12(17)19/h2-5,11H,6H2,1H3,(H,16,18,19)/b15-5-. The molecule has 1 saturated heterocycles. The highest BCUT2D eigenvalue weighted by molar-refractivity contribution is 6.02. The lowest BCUT2D eigenvalue weighted by Crippen LogP contribution is -2.24. The van der Waals surface area contributed by atoms with Crippen LogP contribution in [0.25, 0.3) is 0 Å². The summed E-state index contributed by atoms with van der Waals surface area (Å²) in [4.78, 5) is 22.2. The van der Waals surface area contributed by atoms with Gasteiger partial charge in [-0.05, 0) is 23.8 Å². The van der Waals surface area contributed by atoms with Gasteiger partial charge in [0, 0.05) is 0 Å². The molecule has 2 rings (SSSR count). The number of urea groups is 1. The van der Waals surface area contributed by atoms with E-state index < -0.39 is 18.5 Å². The van der Waals surface area contributed by atoms with Crippen molar-refractivity contribution in [2.45, 2.75) is 6.61 Å². The molecule has 0 aromatic heterocycles. The maximum absolute atomic E-state index is 12.2. The summed E-state index contributed by atoms with van der Waals surface area (Å²) in [6.07, 6.45) is 1.30. The summed E-state index contributed by atoms with van der Waals surface area (Å²) in [6, 6.07) is 3.54. The van der Waals surface area contributed by atoms with Crippen molar-refractivity contribution < 1.29 is 27.8 Å². The van der Waals surface area contributed by atoms with Gasteiger partial charge in [-0.15, -0.1) is 0 Å². The molecule has 21 heavy (non-hydrogen) atoms. The van der Waals surface area contributed by atoms with Crippen LogP contribution < -0.4 is 14.8 Å². The van der Waals surface area contributed by atoms with Crippen LogP contribution in [0.1, 0.15) is 5.56 Å². The number of hydrogen-bond donors (Lipinski definition) is 1. The van der Waals surface area contributed by atoms with E-state index in [1.807, 2.05) is 0 Å². The van der Waals surface area contributed by atoms with Crippen molar-refractivity contribution in [2.75, 3.05) is 13.7 Å². The minimum absolute atomic E-state index is 0.0983. The summed E-state index contributed by atoms with van der Waals surface area (Å²) in [5.74, 6) is -0.463. The molecule has 0 saturated carbocycles. The number of ether oxygens (including phenoxy) is 2. The molecule has 1 aromatic rings. The number of carbonyl (C=O) groups excluding carboxylic acids is 2. The van der Waals surface area contributed by atoms with Crippen LogP contribution in [-0.4, -0.2) is 43.4 Å². The SMILES string of the molecule is COc1cc(/C=N\N2CC(=O)NC2=O)ccc1OC(F)F. The molecule has 3 amide bonds. The summed E-state index contributed by atoms with van der Waals surface area (Å²) in [5, 5.41) is 6.83. The van der Waals surface area contributed by atoms with Crippen LogP contribution >= 0.6 is 0 Å². The minimum atomic E-state index is -2.96. The summed E-state index contributed by atoms with van der Waals surface area (Å²) < 4.78 is 33.6. The van der Waals surface area contributed by atoms with Crippen LogP contribution in [0, 0.1) is 0 Å². The number of imide groups is 1. The van der Waals surface area contributed by atoms with Gasteiger partial charge in [-0.25, -0.2) is 9.80 Å². The van der Waals surface area contributed by atoms with Gasteiger partial charge in [0.25, 0.3) is 0 Å². The molecule has 1 aromatic carbocycles. The molecule has 1 aliphatic heterocycles. The number of hydrazone groups is 1. The Bertz CT molecular complexity index is 592. The predicted octanol–water partition coefficient (Wildman–Crippen LogP) is 1.18. The van der Waals surface area contributed by atoms with Crippen molar-refractivity contribution in [1.29, 1.82) is 0 Å². The third-order valence-electron chi connectivity index (χ3n) is 2.52. The molecule has 0 spiro atoms. The first-order valence-electron chi connectivity index (χ1n) is 5.78. The molecule has 1 fully saturated rings. The molecule has 0 unspecified atom stereocenters. The number of hydrogen-bond acceptors (Lipinski definition) is 5. The van der Waals surface area contributed by atoms with Crippen LogP contribution in [0.4, 0.5) is 13.6 Å². The molecule has 9 heteroatoms. The number of nitrogens with zero attached hydrogens (tertiary/aromatic N) is 2. The Morgan fingerprint density at radius 2 is 2.14 bits per heavy atom. The van der Waals surface area contributed by atoms with Gasteiger partial charge >= 0.3 is 12.6 Å². The second-order valence-corrected chi connectivity index (χ2v) is 3.94. The van der Waals surface area contributed by atoms with Gasteiger partial charge in [0.1, 0.15) is 6.54 Å².